The molecule has 0 spiro atoms. The largest absolute Gasteiger partial charge is 0.452 e. The molecule has 0 amide bonds. The molecule has 1 aromatic rings. The van der Waals surface area contributed by atoms with Gasteiger partial charge < -0.3 is 14.8 Å². The number of hydrogen-bond donors (Lipinski definition) is 1. The van der Waals surface area contributed by atoms with Crippen LogP contribution in [0.2, 0.25) is 0 Å². The summed E-state index contributed by atoms with van der Waals surface area (Å²) in [5, 5.41) is 2.92. The zero-order valence-corrected chi connectivity index (χ0v) is 12.5. The molecule has 1 aromatic heterocycles. The number of carbonyl (C=O) groups excluding carboxylic acids is 1. The van der Waals surface area contributed by atoms with Gasteiger partial charge >= 0.3 is 0 Å². The molecular weight excluding hydrogens is 270 g/mol. The summed E-state index contributed by atoms with van der Waals surface area (Å²) < 4.78 is 10.4. The molecule has 21 heavy (non-hydrogen) atoms. The van der Waals surface area contributed by atoms with Crippen molar-refractivity contribution < 1.29 is 14.3 Å². The number of allylic oxidation sites excluding steroid dienone is 1. The van der Waals surface area contributed by atoms with Crippen molar-refractivity contribution in [2.75, 3.05) is 13.3 Å². The van der Waals surface area contributed by atoms with E-state index in [2.05, 4.69) is 15.3 Å². The first-order valence-electron chi connectivity index (χ1n) is 6.77. The Morgan fingerprint density at radius 3 is 2.90 bits per heavy atom. The van der Waals surface area contributed by atoms with Crippen LogP contribution in [0.3, 0.4) is 0 Å². The molecule has 6 heteroatoms. The van der Waals surface area contributed by atoms with Gasteiger partial charge in [0.15, 0.2) is 17.4 Å². The Morgan fingerprint density at radius 1 is 1.38 bits per heavy atom. The van der Waals surface area contributed by atoms with Gasteiger partial charge in [0.1, 0.15) is 0 Å². The first kappa shape index (κ1) is 15.0. The van der Waals surface area contributed by atoms with Gasteiger partial charge in [-0.2, -0.15) is 0 Å². The number of hydrogen-bond acceptors (Lipinski definition) is 5. The lowest BCUT2D eigenvalue weighted by molar-refractivity contribution is -0.111. The first-order valence-corrected chi connectivity index (χ1v) is 6.77. The van der Waals surface area contributed by atoms with Crippen molar-refractivity contribution >= 4 is 11.6 Å². The van der Waals surface area contributed by atoms with Crippen LogP contribution in [0.15, 0.2) is 28.9 Å². The average molecular weight is 289 g/mol. The van der Waals surface area contributed by atoms with E-state index >= 15 is 0 Å². The number of nitrogens with one attached hydrogen (secondary N) is 1. The molecule has 1 aliphatic rings. The van der Waals surface area contributed by atoms with E-state index in [1.54, 1.807) is 6.20 Å². The third kappa shape index (κ3) is 4.30. The quantitative estimate of drug-likeness (QED) is 0.661. The molecule has 1 aliphatic heterocycles. The number of fused-ring (bicyclic) bond motifs is 1. The van der Waals surface area contributed by atoms with E-state index in [0.29, 0.717) is 30.4 Å². The summed E-state index contributed by atoms with van der Waals surface area (Å²) in [4.78, 5) is 20.1. The van der Waals surface area contributed by atoms with Gasteiger partial charge in [-0.1, -0.05) is 5.57 Å². The van der Waals surface area contributed by atoms with E-state index in [4.69, 9.17) is 9.47 Å². The van der Waals surface area contributed by atoms with Crippen LogP contribution in [-0.4, -0.2) is 29.9 Å². The van der Waals surface area contributed by atoms with Crippen molar-refractivity contribution in [3.8, 4) is 11.6 Å². The Morgan fingerprint density at radius 2 is 2.19 bits per heavy atom. The van der Waals surface area contributed by atoms with Crippen molar-refractivity contribution in [3.63, 3.8) is 0 Å². The molecule has 0 atom stereocenters. The summed E-state index contributed by atoms with van der Waals surface area (Å²) in [6.07, 6.45) is 2.39. The third-order valence-electron chi connectivity index (χ3n) is 2.76. The highest BCUT2D eigenvalue weighted by molar-refractivity contribution is 6.38. The highest BCUT2D eigenvalue weighted by Crippen LogP contribution is 2.29. The van der Waals surface area contributed by atoms with Crippen molar-refractivity contribution in [1.29, 1.82) is 0 Å². The Hall–Kier alpha value is -2.37. The van der Waals surface area contributed by atoms with Crippen LogP contribution >= 0.6 is 0 Å². The maximum atomic E-state index is 11.5. The second-order valence-corrected chi connectivity index (χ2v) is 4.91. The number of aromatic nitrogens is 1. The molecule has 0 aromatic carbocycles. The molecule has 0 bridgehead atoms. The Labute approximate surface area is 123 Å². The number of pyridine rings is 1. The van der Waals surface area contributed by atoms with Gasteiger partial charge in [-0.25, -0.2) is 4.98 Å². The zero-order valence-electron chi connectivity index (χ0n) is 12.5. The van der Waals surface area contributed by atoms with Gasteiger partial charge in [0.25, 0.3) is 5.88 Å². The molecule has 0 saturated heterocycles. The number of nitrogens with zero attached hydrogens (tertiary/aromatic N) is 2. The van der Waals surface area contributed by atoms with Crippen LogP contribution < -0.4 is 14.8 Å². The van der Waals surface area contributed by atoms with E-state index in [1.165, 1.54) is 6.92 Å². The van der Waals surface area contributed by atoms with E-state index < -0.39 is 0 Å². The van der Waals surface area contributed by atoms with Crippen molar-refractivity contribution in [2.45, 2.75) is 27.2 Å². The minimum Gasteiger partial charge on any atom is -0.452 e. The SMILES string of the molecule is CC(=O)C(=NCCc1ccc2c(n1)OCO2)NC=C(C)C. The van der Waals surface area contributed by atoms with Crippen molar-refractivity contribution in [2.24, 2.45) is 4.99 Å². The number of aliphatic imine (C=N–C) groups is 1. The third-order valence-corrected chi connectivity index (χ3v) is 2.76. The minimum atomic E-state index is -0.0915. The molecule has 0 radical (unpaired) electrons. The van der Waals surface area contributed by atoms with Gasteiger partial charge in [0.2, 0.25) is 6.79 Å². The highest BCUT2D eigenvalue weighted by Gasteiger charge is 2.14. The number of rotatable bonds is 5. The Bertz CT molecular complexity index is 590. The minimum absolute atomic E-state index is 0.0915. The number of ether oxygens (including phenoxy) is 2. The van der Waals surface area contributed by atoms with Gasteiger partial charge in [0.05, 0.1) is 0 Å². The summed E-state index contributed by atoms with van der Waals surface area (Å²) in [5.74, 6) is 1.45. The second kappa shape index (κ2) is 6.88. The zero-order chi connectivity index (χ0) is 15.2. The highest BCUT2D eigenvalue weighted by atomic mass is 16.7. The molecule has 0 aliphatic carbocycles. The van der Waals surface area contributed by atoms with Gasteiger partial charge in [-0.05, 0) is 26.0 Å². The molecule has 0 unspecified atom stereocenters. The lowest BCUT2D eigenvalue weighted by atomic mass is 10.2. The van der Waals surface area contributed by atoms with Crippen LogP contribution in [0.4, 0.5) is 0 Å². The average Bonchev–Trinajstić information content (AvgIpc) is 2.89. The summed E-state index contributed by atoms with van der Waals surface area (Å²) >= 11 is 0. The van der Waals surface area contributed by atoms with Crippen molar-refractivity contribution in [1.82, 2.24) is 10.3 Å². The topological polar surface area (TPSA) is 72.8 Å². The van der Waals surface area contributed by atoms with Crippen LogP contribution in [0.25, 0.3) is 0 Å². The standard InChI is InChI=1S/C15H19N3O3/c1-10(2)8-17-14(11(3)19)16-7-6-12-4-5-13-15(18-12)21-9-20-13/h4-5,8H,6-7,9H2,1-3H3,(H,16,17). The van der Waals surface area contributed by atoms with Crippen LogP contribution in [0, 0.1) is 0 Å². The van der Waals surface area contributed by atoms with Crippen molar-refractivity contribution in [3.05, 3.63) is 29.6 Å². The fourth-order valence-corrected chi connectivity index (χ4v) is 1.72. The molecule has 2 heterocycles. The smallest absolute Gasteiger partial charge is 0.260 e. The van der Waals surface area contributed by atoms with Crippen LogP contribution in [0.5, 0.6) is 11.6 Å². The van der Waals surface area contributed by atoms with E-state index in [-0.39, 0.29) is 12.6 Å². The monoisotopic (exact) mass is 289 g/mol. The van der Waals surface area contributed by atoms with Gasteiger partial charge in [-0.15, -0.1) is 0 Å². The Kier molecular flexibility index (Phi) is 4.92. The maximum absolute atomic E-state index is 11.5. The predicted molar refractivity (Wildman–Crippen MR) is 79.6 cm³/mol. The lowest BCUT2D eigenvalue weighted by Gasteiger charge is -2.04. The number of Topliss-reactive ketones (excluding diaryl/α,β-unsaturated/α-hetero) is 1. The molecule has 0 fully saturated rings. The fourth-order valence-electron chi connectivity index (χ4n) is 1.72. The fraction of sp³-hybridized carbons (Fsp3) is 0.400. The van der Waals surface area contributed by atoms with Crippen LogP contribution in [0.1, 0.15) is 26.5 Å². The summed E-state index contributed by atoms with van der Waals surface area (Å²) in [6.45, 7) is 6.07. The molecule has 6 nitrogen and oxygen atoms in total. The van der Waals surface area contributed by atoms with Gasteiger partial charge in [0, 0.05) is 31.8 Å². The lowest BCUT2D eigenvalue weighted by Crippen LogP contribution is -2.26. The Balaban J connectivity index is 1.96. The molecule has 0 saturated carbocycles. The number of ketones is 1. The summed E-state index contributed by atoms with van der Waals surface area (Å²) in [5.41, 5.74) is 1.93. The number of carbonyl (C=O) groups is 1. The summed E-state index contributed by atoms with van der Waals surface area (Å²) in [7, 11) is 0. The molecule has 2 rings (SSSR count). The normalized spacial score (nSPS) is 13.0. The first-order chi connectivity index (χ1) is 10.1. The van der Waals surface area contributed by atoms with Crippen LogP contribution in [-0.2, 0) is 11.2 Å². The van der Waals surface area contributed by atoms with E-state index in [1.807, 2.05) is 26.0 Å². The predicted octanol–water partition coefficient (Wildman–Crippen LogP) is 1.85. The second-order valence-electron chi connectivity index (χ2n) is 4.91. The molecule has 112 valence electrons. The van der Waals surface area contributed by atoms with E-state index in [9.17, 15) is 4.79 Å². The van der Waals surface area contributed by atoms with E-state index in [0.717, 1.165) is 11.3 Å². The molecule has 1 N–H and O–H groups in total. The number of amidine groups is 1. The van der Waals surface area contributed by atoms with Gasteiger partial charge in [-0.3, -0.25) is 9.79 Å². The molecular formula is C15H19N3O3. The summed E-state index contributed by atoms with van der Waals surface area (Å²) in [6, 6.07) is 3.71. The maximum Gasteiger partial charge on any atom is 0.260 e.